The lowest BCUT2D eigenvalue weighted by molar-refractivity contribution is 0.102. The first-order valence-electron chi connectivity index (χ1n) is 10.2. The van der Waals surface area contributed by atoms with Gasteiger partial charge < -0.3 is 5.32 Å². The number of rotatable bonds is 5. The second kappa shape index (κ2) is 9.40. The van der Waals surface area contributed by atoms with E-state index in [0.29, 0.717) is 11.4 Å². The Morgan fingerprint density at radius 2 is 1.88 bits per heavy atom. The highest BCUT2D eigenvalue weighted by Crippen LogP contribution is 2.43. The summed E-state index contributed by atoms with van der Waals surface area (Å²) >= 11 is 4.72. The highest BCUT2D eigenvalue weighted by Gasteiger charge is 2.36. The first-order chi connectivity index (χ1) is 15.7. The Labute approximate surface area is 199 Å². The van der Waals surface area contributed by atoms with E-state index in [1.54, 1.807) is 11.8 Å². The minimum absolute atomic E-state index is 0.0409. The largest absolute Gasteiger partial charge is 0.326 e. The number of benzene rings is 2. The molecule has 1 N–H and O–H groups in total. The van der Waals surface area contributed by atoms with Crippen LogP contribution < -0.4 is 10.2 Å². The Morgan fingerprint density at radius 3 is 2.75 bits per heavy atom. The summed E-state index contributed by atoms with van der Waals surface area (Å²) < 4.78 is 0. The predicted octanol–water partition coefficient (Wildman–Crippen LogP) is 6.73. The van der Waals surface area contributed by atoms with Crippen LogP contribution in [-0.4, -0.2) is 28.9 Å². The third-order valence-corrected chi connectivity index (χ3v) is 8.42. The molecule has 2 aliphatic rings. The van der Waals surface area contributed by atoms with Gasteiger partial charge in [-0.05, 0) is 41.8 Å². The number of amides is 2. The Bertz CT molecular complexity index is 1200. The molecule has 2 unspecified atom stereocenters. The summed E-state index contributed by atoms with van der Waals surface area (Å²) in [4.78, 5) is 30.4. The Hall–Kier alpha value is -2.74. The van der Waals surface area contributed by atoms with Gasteiger partial charge in [-0.3, -0.25) is 9.69 Å². The second-order valence-corrected chi connectivity index (χ2v) is 10.5. The first kappa shape index (κ1) is 21.1. The third kappa shape index (κ3) is 4.41. The number of ketones is 1. The number of allylic oxidation sites excluding steroid dienone is 2. The van der Waals surface area contributed by atoms with Gasteiger partial charge >= 0.3 is 6.03 Å². The van der Waals surface area contributed by atoms with Crippen molar-refractivity contribution in [3.05, 3.63) is 95.2 Å². The van der Waals surface area contributed by atoms with Crippen molar-refractivity contribution in [1.82, 2.24) is 0 Å². The van der Waals surface area contributed by atoms with Crippen LogP contribution in [0.1, 0.15) is 9.67 Å². The molecule has 2 aromatic carbocycles. The maximum atomic E-state index is 13.4. The summed E-state index contributed by atoms with van der Waals surface area (Å²) in [7, 11) is 0. The van der Waals surface area contributed by atoms with Gasteiger partial charge in [0.15, 0.2) is 5.78 Å². The van der Waals surface area contributed by atoms with Crippen molar-refractivity contribution in [2.45, 2.75) is 21.1 Å². The normalized spacial score (nSPS) is 18.7. The first-order valence-corrected chi connectivity index (χ1v) is 12.9. The van der Waals surface area contributed by atoms with Gasteiger partial charge in [-0.15, -0.1) is 34.9 Å². The molecule has 0 spiro atoms. The monoisotopic (exact) mass is 476 g/mol. The maximum absolute atomic E-state index is 13.4. The van der Waals surface area contributed by atoms with E-state index in [4.69, 9.17) is 0 Å². The van der Waals surface area contributed by atoms with Crippen molar-refractivity contribution in [2.75, 3.05) is 16.0 Å². The fraction of sp³-hybridized carbons (Fsp3) is 0.120. The minimum atomic E-state index is -0.162. The highest BCUT2D eigenvalue weighted by molar-refractivity contribution is 8.00. The number of hydrogen-bond donors (Lipinski definition) is 1. The van der Waals surface area contributed by atoms with Gasteiger partial charge in [0, 0.05) is 15.5 Å². The van der Waals surface area contributed by atoms with E-state index in [9.17, 15) is 9.59 Å². The number of nitrogens with one attached hydrogen (secondary N) is 1. The minimum Gasteiger partial charge on any atom is -0.307 e. The Kier molecular flexibility index (Phi) is 6.21. The van der Waals surface area contributed by atoms with E-state index in [-0.39, 0.29) is 23.1 Å². The lowest BCUT2D eigenvalue weighted by Crippen LogP contribution is -2.49. The van der Waals surface area contributed by atoms with E-state index in [0.717, 1.165) is 20.4 Å². The predicted molar refractivity (Wildman–Crippen MR) is 135 cm³/mol. The molecule has 2 atom stereocenters. The van der Waals surface area contributed by atoms with Gasteiger partial charge in [-0.25, -0.2) is 4.79 Å². The molecule has 32 heavy (non-hydrogen) atoms. The molecule has 0 saturated carbocycles. The van der Waals surface area contributed by atoms with Crippen LogP contribution in [0.25, 0.3) is 0 Å². The quantitative estimate of drug-likeness (QED) is 0.328. The molecule has 2 amide bonds. The molecule has 7 heteroatoms. The van der Waals surface area contributed by atoms with E-state index in [2.05, 4.69) is 23.5 Å². The number of anilines is 2. The fourth-order valence-electron chi connectivity index (χ4n) is 3.73. The van der Waals surface area contributed by atoms with Crippen molar-refractivity contribution >= 4 is 58.0 Å². The van der Waals surface area contributed by atoms with Crippen LogP contribution in [-0.2, 0) is 0 Å². The fourth-order valence-corrected chi connectivity index (χ4v) is 6.58. The van der Waals surface area contributed by atoms with Gasteiger partial charge in [-0.2, -0.15) is 0 Å². The zero-order valence-corrected chi connectivity index (χ0v) is 19.5. The summed E-state index contributed by atoms with van der Waals surface area (Å²) in [6.45, 7) is 0. The summed E-state index contributed by atoms with van der Waals surface area (Å²) in [6.07, 6.45) is 8.26. The van der Waals surface area contributed by atoms with Crippen LogP contribution >= 0.6 is 34.9 Å². The van der Waals surface area contributed by atoms with Crippen molar-refractivity contribution < 1.29 is 9.59 Å². The number of carbonyl (C=O) groups is 2. The van der Waals surface area contributed by atoms with Crippen molar-refractivity contribution in [2.24, 2.45) is 0 Å². The summed E-state index contributed by atoms with van der Waals surface area (Å²) in [5.74, 6) is 0.486. The Morgan fingerprint density at radius 1 is 1.00 bits per heavy atom. The topological polar surface area (TPSA) is 49.4 Å². The SMILES string of the molecule is O=C(CSc1cccc(NC(=O)N2c3ccccc3SC3C=CC=CC32)c1)c1cccs1. The second-order valence-electron chi connectivity index (χ2n) is 7.33. The molecule has 0 saturated heterocycles. The van der Waals surface area contributed by atoms with Gasteiger partial charge in [0.05, 0.1) is 27.6 Å². The lowest BCUT2D eigenvalue weighted by Gasteiger charge is -2.40. The molecule has 1 aliphatic heterocycles. The molecule has 3 aromatic rings. The molecule has 1 aliphatic carbocycles. The van der Waals surface area contributed by atoms with E-state index in [1.807, 2.05) is 77.0 Å². The number of Topliss-reactive ketones (excluding diaryl/α,β-unsaturated/α-hetero) is 1. The van der Waals surface area contributed by atoms with Crippen molar-refractivity contribution in [1.29, 1.82) is 0 Å². The number of carbonyl (C=O) groups excluding carboxylic acids is 2. The molecule has 4 nitrogen and oxygen atoms in total. The van der Waals surface area contributed by atoms with Gasteiger partial charge in [0.25, 0.3) is 0 Å². The maximum Gasteiger partial charge on any atom is 0.326 e. The van der Waals surface area contributed by atoms with Gasteiger partial charge in [0.1, 0.15) is 0 Å². The van der Waals surface area contributed by atoms with Crippen molar-refractivity contribution in [3.63, 3.8) is 0 Å². The molecule has 160 valence electrons. The average molecular weight is 477 g/mol. The average Bonchev–Trinajstić information content (AvgIpc) is 3.36. The number of thiophene rings is 1. The standard InChI is InChI=1S/C25H20N2O2S3/c28-21(24-13-6-14-30-24)16-31-18-8-5-7-17(15-18)26-25(29)27-19-9-1-3-11-22(19)32-23-12-4-2-10-20(23)27/h1-15,19,22H,16H2,(H,26,29). The molecule has 1 aromatic heterocycles. The summed E-state index contributed by atoms with van der Waals surface area (Å²) in [5, 5.41) is 5.16. The molecule has 0 radical (unpaired) electrons. The zero-order valence-electron chi connectivity index (χ0n) is 17.0. The van der Waals surface area contributed by atoms with Crippen LogP contribution in [0.3, 0.4) is 0 Å². The number of thioether (sulfide) groups is 2. The third-order valence-electron chi connectivity index (χ3n) is 5.21. The molecule has 2 heterocycles. The van der Waals surface area contributed by atoms with Crippen LogP contribution in [0.15, 0.2) is 100 Å². The molecular formula is C25H20N2O2S3. The van der Waals surface area contributed by atoms with E-state index in [1.165, 1.54) is 23.1 Å². The van der Waals surface area contributed by atoms with Crippen LogP contribution in [0.2, 0.25) is 0 Å². The van der Waals surface area contributed by atoms with E-state index >= 15 is 0 Å². The van der Waals surface area contributed by atoms with E-state index < -0.39 is 0 Å². The molecular weight excluding hydrogens is 456 g/mol. The molecule has 5 rings (SSSR count). The number of nitrogens with zero attached hydrogens (tertiary/aromatic N) is 1. The van der Waals surface area contributed by atoms with Crippen molar-refractivity contribution in [3.8, 4) is 0 Å². The lowest BCUT2D eigenvalue weighted by atomic mass is 10.1. The summed E-state index contributed by atoms with van der Waals surface area (Å²) in [6, 6.07) is 19.2. The number of fused-ring (bicyclic) bond motifs is 2. The Balaban J connectivity index is 1.32. The van der Waals surface area contributed by atoms with Gasteiger partial charge in [-0.1, -0.05) is 48.6 Å². The van der Waals surface area contributed by atoms with Gasteiger partial charge in [0.2, 0.25) is 0 Å². The summed E-state index contributed by atoms with van der Waals surface area (Å²) in [5.41, 5.74) is 1.63. The number of hydrogen-bond acceptors (Lipinski definition) is 5. The van der Waals surface area contributed by atoms with Crippen LogP contribution in [0.5, 0.6) is 0 Å². The highest BCUT2D eigenvalue weighted by atomic mass is 32.2. The zero-order chi connectivity index (χ0) is 21.9. The molecule has 0 fully saturated rings. The van der Waals surface area contributed by atoms with Crippen LogP contribution in [0, 0.1) is 0 Å². The van der Waals surface area contributed by atoms with Crippen LogP contribution in [0.4, 0.5) is 16.2 Å². The molecule has 0 bridgehead atoms. The number of para-hydroxylation sites is 1. The smallest absolute Gasteiger partial charge is 0.307 e. The number of urea groups is 1.